The van der Waals surface area contributed by atoms with Crippen molar-refractivity contribution in [1.29, 1.82) is 0 Å². The van der Waals surface area contributed by atoms with Crippen LogP contribution < -0.4 is 5.30 Å². The molecule has 1 unspecified atom stereocenters. The van der Waals surface area contributed by atoms with E-state index in [9.17, 15) is 0 Å². The summed E-state index contributed by atoms with van der Waals surface area (Å²) in [5, 5.41) is 4.44. The molecule has 0 N–H and O–H groups in total. The van der Waals surface area contributed by atoms with Gasteiger partial charge in [0, 0.05) is 0 Å². The van der Waals surface area contributed by atoms with Gasteiger partial charge in [-0.05, 0) is 24.7 Å². The van der Waals surface area contributed by atoms with E-state index < -0.39 is 17.0 Å². The predicted octanol–water partition coefficient (Wildman–Crippen LogP) is 8.35. The van der Waals surface area contributed by atoms with Crippen molar-refractivity contribution in [2.75, 3.05) is 12.3 Å². The number of benzene rings is 1. The van der Waals surface area contributed by atoms with Gasteiger partial charge in [0.2, 0.25) is 0 Å². The molecule has 0 radical (unpaired) electrons. The number of hydrogen-bond donors (Lipinski definition) is 0. The van der Waals surface area contributed by atoms with Crippen LogP contribution in [-0.4, -0.2) is 12.3 Å². The molecular weight excluding hydrogens is 438 g/mol. The molecule has 1 saturated carbocycles. The van der Waals surface area contributed by atoms with Gasteiger partial charge in [0.15, 0.2) is 0 Å². The molecule has 2 aromatic carbocycles. The molecule has 0 spiro atoms. The van der Waals surface area contributed by atoms with Gasteiger partial charge in [-0.3, -0.25) is 0 Å². The Morgan fingerprint density at radius 3 is 2.50 bits per heavy atom. The molecule has 2 aromatic rings. The van der Waals surface area contributed by atoms with E-state index in [-0.39, 0.29) is 7.92 Å². The molecule has 4 rings (SSSR count). The van der Waals surface area contributed by atoms with Crippen LogP contribution in [0.1, 0.15) is 46.0 Å². The van der Waals surface area contributed by atoms with Gasteiger partial charge in [-0.2, -0.15) is 6.07 Å². The Bertz CT molecular complexity index is 711. The van der Waals surface area contributed by atoms with E-state index in [1.54, 1.807) is 10.9 Å². The number of halogens is 2. The van der Waals surface area contributed by atoms with Crippen molar-refractivity contribution < 1.29 is 17.0 Å². The van der Waals surface area contributed by atoms with Crippen LogP contribution >= 0.6 is 26.5 Å². The summed E-state index contributed by atoms with van der Waals surface area (Å²) in [6.07, 6.45) is 18.4. The first kappa shape index (κ1) is 24.2. The molecule has 0 bridgehead atoms. The fourth-order valence-corrected chi connectivity index (χ4v) is 6.35. The summed E-state index contributed by atoms with van der Waals surface area (Å²) in [7, 11) is 9.88. The molecule has 0 aliphatic heterocycles. The molecule has 152 valence electrons. The summed E-state index contributed by atoms with van der Waals surface area (Å²) >= 11 is -0.556. The first-order valence-electron chi connectivity index (χ1n) is 10.3. The van der Waals surface area contributed by atoms with E-state index in [0.29, 0.717) is 0 Å². The van der Waals surface area contributed by atoms with Gasteiger partial charge in [-0.1, -0.05) is 47.1 Å². The monoisotopic (exact) mass is 468 g/mol. The number of hydrogen-bond acceptors (Lipinski definition) is 0. The average Bonchev–Trinajstić information content (AvgIpc) is 3.35. The fraction of sp³-hybridized carbons (Fsp3) is 0.417. The molecule has 0 aromatic heterocycles. The second kappa shape index (κ2) is 14.0. The van der Waals surface area contributed by atoms with Crippen LogP contribution in [0.3, 0.4) is 0 Å². The van der Waals surface area contributed by atoms with Crippen molar-refractivity contribution >= 4 is 42.6 Å². The normalized spacial score (nSPS) is 17.0. The molecule has 0 amide bonds. The number of fused-ring (bicyclic) bond motifs is 2. The Balaban J connectivity index is 0.000000196. The minimum atomic E-state index is -0.556. The van der Waals surface area contributed by atoms with E-state index in [1.165, 1.54) is 55.2 Å². The van der Waals surface area contributed by atoms with Crippen molar-refractivity contribution in [2.24, 2.45) is 5.92 Å². The van der Waals surface area contributed by atoms with Crippen LogP contribution in [-0.2, 0) is 17.0 Å². The van der Waals surface area contributed by atoms with Crippen LogP contribution in [0, 0.1) is 12.3 Å². The van der Waals surface area contributed by atoms with Crippen molar-refractivity contribution in [3.8, 4) is 0 Å². The molecule has 0 nitrogen and oxygen atoms in total. The summed E-state index contributed by atoms with van der Waals surface area (Å²) in [4.78, 5) is 0. The third-order valence-electron chi connectivity index (χ3n) is 5.17. The van der Waals surface area contributed by atoms with Crippen LogP contribution in [0.25, 0.3) is 10.8 Å². The van der Waals surface area contributed by atoms with Gasteiger partial charge in [-0.15, -0.1) is 58.9 Å². The zero-order valence-electron chi connectivity index (χ0n) is 17.0. The zero-order chi connectivity index (χ0) is 20.2. The summed E-state index contributed by atoms with van der Waals surface area (Å²) in [6, 6.07) is 13.5. The van der Waals surface area contributed by atoms with Crippen LogP contribution in [0.5, 0.6) is 0 Å². The second-order valence-corrected chi connectivity index (χ2v) is 12.3. The van der Waals surface area contributed by atoms with Crippen molar-refractivity contribution in [3.63, 3.8) is 0 Å². The first-order chi connectivity index (χ1) is 13.7. The Morgan fingerprint density at radius 2 is 1.86 bits per heavy atom. The molecule has 2 aliphatic rings. The SMILES string of the molecule is C1=CCC2CC[CH-]C2=C1.CCCP(CCC)c1cc2ccccc2[cH-]1.[Cl][Ti][Cl]. The number of rotatable bonds is 5. The topological polar surface area (TPSA) is 0 Å². The third kappa shape index (κ3) is 7.62. The molecule has 0 saturated heterocycles. The van der Waals surface area contributed by atoms with Crippen molar-refractivity contribution in [3.05, 3.63) is 66.6 Å². The second-order valence-electron chi connectivity index (χ2n) is 7.21. The Hall–Kier alpha value is -0.0957. The molecule has 1 atom stereocenters. The van der Waals surface area contributed by atoms with E-state index in [1.807, 2.05) is 0 Å². The van der Waals surface area contributed by atoms with E-state index in [2.05, 4.69) is 74.9 Å². The van der Waals surface area contributed by atoms with Crippen LogP contribution in [0.4, 0.5) is 0 Å². The van der Waals surface area contributed by atoms with Gasteiger partial charge < -0.3 is 0 Å². The Kier molecular flexibility index (Phi) is 12.1. The maximum atomic E-state index is 4.89. The molecule has 1 fully saturated rings. The summed E-state index contributed by atoms with van der Waals surface area (Å²) < 4.78 is 0. The van der Waals surface area contributed by atoms with E-state index in [0.717, 1.165) is 5.92 Å². The number of allylic oxidation sites excluding steroid dienone is 4. The van der Waals surface area contributed by atoms with Gasteiger partial charge in [0.1, 0.15) is 0 Å². The Labute approximate surface area is 189 Å². The summed E-state index contributed by atoms with van der Waals surface area (Å²) in [5.74, 6) is 0.884. The van der Waals surface area contributed by atoms with Gasteiger partial charge in [0.05, 0.1) is 0 Å². The van der Waals surface area contributed by atoms with E-state index in [4.69, 9.17) is 18.6 Å². The summed E-state index contributed by atoms with van der Waals surface area (Å²) in [5.41, 5.74) is 1.58. The van der Waals surface area contributed by atoms with Gasteiger partial charge in [-0.25, -0.2) is 18.1 Å². The standard InChI is InChI=1S/C15H20P.C9H11.2ClH.Ti/c1-3-9-16(10-4-2)15-11-13-7-5-6-8-14(13)12-15;1-2-5-9-7-3-6-8(9)4-1;;;/h5-8,11-12H,3-4,9-10H2,1-2H3;1-2,4,6,9H,3,5,7H2;2*1H;/q2*-1;;;+2/p-2. The van der Waals surface area contributed by atoms with Gasteiger partial charge >= 0.3 is 35.6 Å². The van der Waals surface area contributed by atoms with Crippen LogP contribution in [0.2, 0.25) is 0 Å². The minimum absolute atomic E-state index is 0.0972. The van der Waals surface area contributed by atoms with Gasteiger partial charge in [0.25, 0.3) is 0 Å². The predicted molar refractivity (Wildman–Crippen MR) is 127 cm³/mol. The summed E-state index contributed by atoms with van der Waals surface area (Å²) in [6.45, 7) is 4.60. The zero-order valence-corrected chi connectivity index (χ0v) is 21.0. The van der Waals surface area contributed by atoms with Crippen LogP contribution in [0.15, 0.2) is 60.2 Å². The fourth-order valence-electron chi connectivity index (χ4n) is 3.89. The van der Waals surface area contributed by atoms with Crippen molar-refractivity contribution in [2.45, 2.75) is 46.0 Å². The van der Waals surface area contributed by atoms with E-state index >= 15 is 0 Å². The molecule has 4 heteroatoms. The molecule has 28 heavy (non-hydrogen) atoms. The molecule has 0 heterocycles. The third-order valence-corrected chi connectivity index (χ3v) is 8.13. The average molecular weight is 469 g/mol. The Morgan fingerprint density at radius 1 is 1.14 bits per heavy atom. The van der Waals surface area contributed by atoms with Crippen molar-refractivity contribution in [1.82, 2.24) is 0 Å². The molecular formula is C24H31Cl2PTi-2. The quantitative estimate of drug-likeness (QED) is 0.235. The maximum absolute atomic E-state index is 4.89. The molecule has 2 aliphatic carbocycles. The first-order valence-corrected chi connectivity index (χ1v) is 16.3.